The van der Waals surface area contributed by atoms with E-state index in [1.54, 1.807) is 24.5 Å². The number of anilines is 1. The molecule has 0 saturated carbocycles. The number of halogens is 1. The molecule has 2 aliphatic heterocycles. The van der Waals surface area contributed by atoms with Gasteiger partial charge in [0.25, 0.3) is 5.91 Å². The molecule has 3 aromatic rings. The summed E-state index contributed by atoms with van der Waals surface area (Å²) in [5, 5.41) is 17.6. The monoisotopic (exact) mass is 610 g/mol. The standard InChI is InChI=1S/C31H39ClN6O5/c1-2-3-29(40)38-12-7-23(8-13-38)36-28-14-21(6-10-34-28)31(41)35-15-24(39)18-37-11-9-26-22(17-37)4-5-27(30(26)32)42-19-25-16-33-20-43-25/h4-6,10,14,16,20,23-24,39H,2-3,7-9,11-13,15,17-19H2,1H3,(H,34,36)(H,35,41). The van der Waals surface area contributed by atoms with Gasteiger partial charge in [-0.25, -0.2) is 9.97 Å². The van der Waals surface area contributed by atoms with E-state index in [1.807, 2.05) is 24.0 Å². The first-order valence-corrected chi connectivity index (χ1v) is 15.3. The molecule has 0 radical (unpaired) electrons. The Morgan fingerprint density at radius 1 is 1.23 bits per heavy atom. The van der Waals surface area contributed by atoms with Crippen molar-refractivity contribution < 1.29 is 23.8 Å². The predicted molar refractivity (Wildman–Crippen MR) is 162 cm³/mol. The van der Waals surface area contributed by atoms with Gasteiger partial charge in [0.15, 0.2) is 12.2 Å². The van der Waals surface area contributed by atoms with E-state index in [0.29, 0.717) is 47.4 Å². The first-order chi connectivity index (χ1) is 20.9. The molecule has 4 heterocycles. The number of pyridine rings is 1. The van der Waals surface area contributed by atoms with Crippen molar-refractivity contribution in [2.24, 2.45) is 0 Å². The summed E-state index contributed by atoms with van der Waals surface area (Å²) in [5.74, 6) is 1.80. The Hall–Kier alpha value is -3.67. The van der Waals surface area contributed by atoms with Crippen LogP contribution in [-0.4, -0.2) is 81.6 Å². The number of hydrogen-bond acceptors (Lipinski definition) is 9. The highest BCUT2D eigenvalue weighted by molar-refractivity contribution is 6.33. The van der Waals surface area contributed by atoms with Crippen LogP contribution in [0.1, 0.15) is 59.9 Å². The maximum atomic E-state index is 12.9. The number of aromatic nitrogens is 2. The third-order valence-corrected chi connectivity index (χ3v) is 8.30. The van der Waals surface area contributed by atoms with Gasteiger partial charge in [0.05, 0.1) is 17.3 Å². The maximum absolute atomic E-state index is 12.9. The van der Waals surface area contributed by atoms with Gasteiger partial charge < -0.3 is 29.8 Å². The van der Waals surface area contributed by atoms with Crippen LogP contribution in [0.2, 0.25) is 5.02 Å². The Bertz CT molecular complexity index is 1380. The number of carbonyl (C=O) groups is 2. The smallest absolute Gasteiger partial charge is 0.251 e. The summed E-state index contributed by atoms with van der Waals surface area (Å²) in [4.78, 5) is 37.3. The summed E-state index contributed by atoms with van der Waals surface area (Å²) in [5.41, 5.74) is 2.62. The molecule has 3 N–H and O–H groups in total. The van der Waals surface area contributed by atoms with Crippen molar-refractivity contribution in [3.63, 3.8) is 0 Å². The molecule has 230 valence electrons. The third-order valence-electron chi connectivity index (χ3n) is 7.88. The average molecular weight is 611 g/mol. The van der Waals surface area contributed by atoms with Crippen LogP contribution in [0.3, 0.4) is 0 Å². The number of ether oxygens (including phenoxy) is 1. The number of amides is 2. The fourth-order valence-electron chi connectivity index (χ4n) is 5.56. The highest BCUT2D eigenvalue weighted by atomic mass is 35.5. The molecule has 43 heavy (non-hydrogen) atoms. The van der Waals surface area contributed by atoms with Gasteiger partial charge in [-0.1, -0.05) is 24.6 Å². The normalized spacial score (nSPS) is 16.4. The van der Waals surface area contributed by atoms with Crippen LogP contribution in [0.25, 0.3) is 0 Å². The molecule has 2 amide bonds. The number of likely N-dealkylation sites (tertiary alicyclic amines) is 1. The Morgan fingerprint density at radius 2 is 2.07 bits per heavy atom. The summed E-state index contributed by atoms with van der Waals surface area (Å²) < 4.78 is 11.0. The lowest BCUT2D eigenvalue weighted by atomic mass is 9.99. The second-order valence-electron chi connectivity index (χ2n) is 11.1. The van der Waals surface area contributed by atoms with Gasteiger partial charge in [-0.15, -0.1) is 0 Å². The van der Waals surface area contributed by atoms with Gasteiger partial charge in [0.1, 0.15) is 18.2 Å². The number of carbonyl (C=O) groups excluding carboxylic acids is 2. The number of rotatable bonds is 12. The zero-order valence-corrected chi connectivity index (χ0v) is 25.2. The van der Waals surface area contributed by atoms with Crippen LogP contribution in [0, 0.1) is 0 Å². The van der Waals surface area contributed by atoms with Crippen molar-refractivity contribution in [1.29, 1.82) is 0 Å². The fourth-order valence-corrected chi connectivity index (χ4v) is 5.89. The van der Waals surface area contributed by atoms with Gasteiger partial charge in [0, 0.05) is 63.5 Å². The van der Waals surface area contributed by atoms with Gasteiger partial charge >= 0.3 is 0 Å². The van der Waals surface area contributed by atoms with Gasteiger partial charge in [-0.2, -0.15) is 0 Å². The number of aliphatic hydroxyl groups is 1. The molecule has 12 heteroatoms. The van der Waals surface area contributed by atoms with Crippen molar-refractivity contribution in [1.82, 2.24) is 25.1 Å². The topological polar surface area (TPSA) is 133 Å². The minimum atomic E-state index is -0.731. The second kappa shape index (κ2) is 14.7. The van der Waals surface area contributed by atoms with Gasteiger partial charge in [-0.05, 0) is 55.0 Å². The van der Waals surface area contributed by atoms with Crippen LogP contribution in [-0.2, 0) is 24.4 Å². The molecule has 5 rings (SSSR count). The number of benzene rings is 1. The van der Waals surface area contributed by atoms with Crippen molar-refractivity contribution >= 4 is 29.2 Å². The quantitative estimate of drug-likeness (QED) is 0.281. The molecule has 0 bridgehead atoms. The lowest BCUT2D eigenvalue weighted by molar-refractivity contribution is -0.132. The van der Waals surface area contributed by atoms with Crippen LogP contribution in [0.5, 0.6) is 5.75 Å². The van der Waals surface area contributed by atoms with Crippen molar-refractivity contribution in [3.05, 3.63) is 70.5 Å². The minimum Gasteiger partial charge on any atom is -0.484 e. The predicted octanol–water partition coefficient (Wildman–Crippen LogP) is 3.65. The number of aliphatic hydroxyl groups excluding tert-OH is 1. The van der Waals surface area contributed by atoms with E-state index < -0.39 is 6.10 Å². The number of hydrogen-bond donors (Lipinski definition) is 3. The Kier molecular flexibility index (Phi) is 10.5. The molecular formula is C31H39ClN6O5. The molecule has 0 spiro atoms. The summed E-state index contributed by atoms with van der Waals surface area (Å²) in [7, 11) is 0. The molecule has 1 saturated heterocycles. The largest absolute Gasteiger partial charge is 0.484 e. The fraction of sp³-hybridized carbons (Fsp3) is 0.484. The zero-order valence-electron chi connectivity index (χ0n) is 24.4. The molecule has 11 nitrogen and oxygen atoms in total. The summed E-state index contributed by atoms with van der Waals surface area (Å²) >= 11 is 6.65. The van der Waals surface area contributed by atoms with E-state index in [9.17, 15) is 14.7 Å². The summed E-state index contributed by atoms with van der Waals surface area (Å²) in [6.07, 6.45) is 7.70. The summed E-state index contributed by atoms with van der Waals surface area (Å²) in [6.45, 7) is 5.65. The molecule has 2 aromatic heterocycles. The van der Waals surface area contributed by atoms with Crippen LogP contribution < -0.4 is 15.4 Å². The maximum Gasteiger partial charge on any atom is 0.251 e. The van der Waals surface area contributed by atoms with Crippen LogP contribution >= 0.6 is 11.6 Å². The molecular weight excluding hydrogens is 572 g/mol. The van der Waals surface area contributed by atoms with Gasteiger partial charge in [0.2, 0.25) is 5.91 Å². The molecule has 1 fully saturated rings. The lowest BCUT2D eigenvalue weighted by Crippen LogP contribution is -2.42. The van der Waals surface area contributed by atoms with E-state index in [2.05, 4.69) is 25.5 Å². The van der Waals surface area contributed by atoms with Crippen molar-refractivity contribution in [3.8, 4) is 5.75 Å². The zero-order chi connectivity index (χ0) is 30.2. The Labute approximate surface area is 256 Å². The molecule has 1 unspecified atom stereocenters. The van der Waals surface area contributed by atoms with Crippen molar-refractivity contribution in [2.45, 2.75) is 64.3 Å². The van der Waals surface area contributed by atoms with E-state index in [0.717, 1.165) is 56.4 Å². The van der Waals surface area contributed by atoms with Crippen LogP contribution in [0.15, 0.2) is 47.5 Å². The second-order valence-corrected chi connectivity index (χ2v) is 11.5. The number of oxazole rings is 1. The van der Waals surface area contributed by atoms with E-state index in [-0.39, 0.29) is 31.0 Å². The average Bonchev–Trinajstić information content (AvgIpc) is 3.54. The lowest BCUT2D eigenvalue weighted by Gasteiger charge is -2.32. The number of fused-ring (bicyclic) bond motifs is 1. The Balaban J connectivity index is 1.06. The van der Waals surface area contributed by atoms with E-state index >= 15 is 0 Å². The number of piperidine rings is 1. The summed E-state index contributed by atoms with van der Waals surface area (Å²) in [6, 6.07) is 7.44. The van der Waals surface area contributed by atoms with Crippen molar-refractivity contribution in [2.75, 3.05) is 38.0 Å². The molecule has 1 aromatic carbocycles. The number of β-amino-alcohol motifs (C(OH)–C–C–N with tert-alkyl or cyclic N) is 1. The van der Waals surface area contributed by atoms with E-state index in [1.165, 1.54) is 6.39 Å². The third kappa shape index (κ3) is 8.25. The minimum absolute atomic E-state index is 0.132. The Morgan fingerprint density at radius 3 is 2.84 bits per heavy atom. The van der Waals surface area contributed by atoms with Crippen LogP contribution in [0.4, 0.5) is 5.82 Å². The number of nitrogens with one attached hydrogen (secondary N) is 2. The molecule has 0 aliphatic carbocycles. The van der Waals surface area contributed by atoms with E-state index in [4.69, 9.17) is 20.8 Å². The van der Waals surface area contributed by atoms with Gasteiger partial charge in [-0.3, -0.25) is 14.5 Å². The molecule has 2 aliphatic rings. The SMILES string of the molecule is CCCC(=O)N1CCC(Nc2cc(C(=O)NCC(O)CN3CCc4c(ccc(OCc5cnco5)c4Cl)C3)ccn2)CC1. The molecule has 1 atom stereocenters. The highest BCUT2D eigenvalue weighted by Crippen LogP contribution is 2.34. The first-order valence-electron chi connectivity index (χ1n) is 14.9. The number of nitrogens with zero attached hydrogens (tertiary/aromatic N) is 4. The first kappa shape index (κ1) is 30.8. The highest BCUT2D eigenvalue weighted by Gasteiger charge is 2.24.